The lowest BCUT2D eigenvalue weighted by atomic mass is 10.0. The lowest BCUT2D eigenvalue weighted by molar-refractivity contribution is 0.186. The normalized spacial score (nSPS) is 12.8. The second-order valence-corrected chi connectivity index (χ2v) is 4.42. The van der Waals surface area contributed by atoms with Gasteiger partial charge in [-0.15, -0.1) is 0 Å². The van der Waals surface area contributed by atoms with E-state index in [4.69, 9.17) is 4.74 Å². The third-order valence-corrected chi connectivity index (χ3v) is 3.21. The highest BCUT2D eigenvalue weighted by molar-refractivity contribution is 9.10. The molecule has 1 aromatic carbocycles. The average Bonchev–Trinajstić information content (AvgIpc) is 2.16. The molecule has 0 bridgehead atoms. The Morgan fingerprint density at radius 1 is 1.31 bits per heavy atom. The Hall–Kier alpha value is 0.140. The van der Waals surface area contributed by atoms with Crippen molar-refractivity contribution < 1.29 is 4.74 Å². The first-order chi connectivity index (χ1) is 6.27. The molecule has 3 heteroatoms. The van der Waals surface area contributed by atoms with Gasteiger partial charge in [0.1, 0.15) is 0 Å². The van der Waals surface area contributed by atoms with E-state index in [1.54, 1.807) is 7.11 Å². The third-order valence-electron chi connectivity index (χ3n) is 1.90. The van der Waals surface area contributed by atoms with Gasteiger partial charge in [-0.05, 0) is 17.7 Å². The molecule has 1 nitrogen and oxygen atoms in total. The molecule has 0 heterocycles. The quantitative estimate of drug-likeness (QED) is 0.773. The predicted molar refractivity (Wildman–Crippen MR) is 62.6 cm³/mol. The summed E-state index contributed by atoms with van der Waals surface area (Å²) in [7, 11) is 1.73. The summed E-state index contributed by atoms with van der Waals surface area (Å²) in [6.45, 7) is 0.757. The standard InChI is InChI=1S/C10H12Br2O/c1-13-7-9(6-11)8-2-4-10(12)5-3-8/h2-5,9H,6-7H2,1H3/t9-/m1/s1. The zero-order valence-corrected chi connectivity index (χ0v) is 10.6. The molecular weight excluding hydrogens is 296 g/mol. The lowest BCUT2D eigenvalue weighted by Crippen LogP contribution is -2.07. The summed E-state index contributed by atoms with van der Waals surface area (Å²) in [4.78, 5) is 0. The van der Waals surface area contributed by atoms with Gasteiger partial charge in [0.05, 0.1) is 6.61 Å². The zero-order valence-electron chi connectivity index (χ0n) is 7.47. The van der Waals surface area contributed by atoms with E-state index in [0.717, 1.165) is 16.4 Å². The van der Waals surface area contributed by atoms with Gasteiger partial charge in [0.25, 0.3) is 0 Å². The number of ether oxygens (including phenoxy) is 1. The van der Waals surface area contributed by atoms with Crippen LogP contribution in [0.1, 0.15) is 11.5 Å². The van der Waals surface area contributed by atoms with Gasteiger partial charge >= 0.3 is 0 Å². The highest BCUT2D eigenvalue weighted by atomic mass is 79.9. The molecule has 0 saturated carbocycles. The molecule has 0 saturated heterocycles. The fourth-order valence-corrected chi connectivity index (χ4v) is 1.99. The smallest absolute Gasteiger partial charge is 0.0539 e. The van der Waals surface area contributed by atoms with Crippen molar-refractivity contribution in [2.24, 2.45) is 0 Å². The van der Waals surface area contributed by atoms with Crippen LogP contribution in [0.2, 0.25) is 0 Å². The lowest BCUT2D eigenvalue weighted by Gasteiger charge is -2.12. The molecule has 0 aromatic heterocycles. The van der Waals surface area contributed by atoms with E-state index in [1.807, 2.05) is 0 Å². The van der Waals surface area contributed by atoms with Crippen molar-refractivity contribution in [3.63, 3.8) is 0 Å². The van der Waals surface area contributed by atoms with Crippen LogP contribution < -0.4 is 0 Å². The molecule has 0 aliphatic rings. The summed E-state index contributed by atoms with van der Waals surface area (Å²) in [6.07, 6.45) is 0. The van der Waals surface area contributed by atoms with Gasteiger partial charge in [-0.25, -0.2) is 0 Å². The molecule has 0 unspecified atom stereocenters. The molecule has 72 valence electrons. The maximum absolute atomic E-state index is 5.14. The highest BCUT2D eigenvalue weighted by Crippen LogP contribution is 2.20. The summed E-state index contributed by atoms with van der Waals surface area (Å²) < 4.78 is 6.25. The van der Waals surface area contributed by atoms with Crippen LogP contribution in [0.3, 0.4) is 0 Å². The second-order valence-electron chi connectivity index (χ2n) is 2.86. The molecule has 1 rings (SSSR count). The second kappa shape index (κ2) is 5.78. The van der Waals surface area contributed by atoms with Crippen LogP contribution in [0.25, 0.3) is 0 Å². The summed E-state index contributed by atoms with van der Waals surface area (Å²) in [5.41, 5.74) is 1.31. The number of benzene rings is 1. The molecule has 1 atom stereocenters. The van der Waals surface area contributed by atoms with Crippen LogP contribution in [0.4, 0.5) is 0 Å². The minimum Gasteiger partial charge on any atom is -0.384 e. The van der Waals surface area contributed by atoms with Gasteiger partial charge < -0.3 is 4.74 Å². The van der Waals surface area contributed by atoms with Crippen molar-refractivity contribution in [1.29, 1.82) is 0 Å². The van der Waals surface area contributed by atoms with Crippen molar-refractivity contribution in [3.8, 4) is 0 Å². The number of hydrogen-bond donors (Lipinski definition) is 0. The molecule has 0 radical (unpaired) electrons. The summed E-state index contributed by atoms with van der Waals surface area (Å²) >= 11 is 6.89. The van der Waals surface area contributed by atoms with Gasteiger partial charge in [0.15, 0.2) is 0 Å². The Morgan fingerprint density at radius 2 is 1.92 bits per heavy atom. The van der Waals surface area contributed by atoms with Crippen molar-refractivity contribution in [2.45, 2.75) is 5.92 Å². The summed E-state index contributed by atoms with van der Waals surface area (Å²) in [5, 5.41) is 0.933. The first-order valence-corrected chi connectivity index (χ1v) is 5.99. The molecule has 0 spiro atoms. The Kier molecular flexibility index (Phi) is 4.99. The molecule has 13 heavy (non-hydrogen) atoms. The fourth-order valence-electron chi connectivity index (χ4n) is 1.17. The van der Waals surface area contributed by atoms with Crippen LogP contribution in [0, 0.1) is 0 Å². The SMILES string of the molecule is COC[C@@H](CBr)c1ccc(Br)cc1. The minimum absolute atomic E-state index is 0.443. The number of rotatable bonds is 4. The van der Waals surface area contributed by atoms with E-state index in [1.165, 1.54) is 5.56 Å². The van der Waals surface area contributed by atoms with Crippen LogP contribution in [-0.4, -0.2) is 19.0 Å². The summed E-state index contributed by atoms with van der Waals surface area (Å²) in [6, 6.07) is 8.35. The molecule has 0 aliphatic carbocycles. The van der Waals surface area contributed by atoms with Gasteiger partial charge in [-0.1, -0.05) is 44.0 Å². The molecule has 0 fully saturated rings. The fraction of sp³-hybridized carbons (Fsp3) is 0.400. The average molecular weight is 308 g/mol. The van der Waals surface area contributed by atoms with E-state index < -0.39 is 0 Å². The van der Waals surface area contributed by atoms with Crippen LogP contribution in [-0.2, 0) is 4.74 Å². The minimum atomic E-state index is 0.443. The third kappa shape index (κ3) is 3.41. The number of methoxy groups -OCH3 is 1. The maximum atomic E-state index is 5.14. The molecular formula is C10H12Br2O. The van der Waals surface area contributed by atoms with Crippen LogP contribution >= 0.6 is 31.9 Å². The molecule has 0 amide bonds. The van der Waals surface area contributed by atoms with Crippen LogP contribution in [0.5, 0.6) is 0 Å². The monoisotopic (exact) mass is 306 g/mol. The number of halogens is 2. The van der Waals surface area contributed by atoms with E-state index >= 15 is 0 Å². The van der Waals surface area contributed by atoms with Crippen molar-refractivity contribution in [1.82, 2.24) is 0 Å². The first-order valence-electron chi connectivity index (χ1n) is 4.08. The Morgan fingerprint density at radius 3 is 2.38 bits per heavy atom. The van der Waals surface area contributed by atoms with Gasteiger partial charge in [-0.2, -0.15) is 0 Å². The number of alkyl halides is 1. The van der Waals surface area contributed by atoms with Crippen molar-refractivity contribution in [2.75, 3.05) is 19.0 Å². The van der Waals surface area contributed by atoms with Gasteiger partial charge in [0, 0.05) is 22.8 Å². The number of hydrogen-bond acceptors (Lipinski definition) is 1. The Labute approximate surface area is 95.7 Å². The van der Waals surface area contributed by atoms with E-state index in [9.17, 15) is 0 Å². The highest BCUT2D eigenvalue weighted by Gasteiger charge is 2.08. The Balaban J connectivity index is 2.73. The molecule has 0 N–H and O–H groups in total. The largest absolute Gasteiger partial charge is 0.384 e. The zero-order chi connectivity index (χ0) is 9.68. The maximum Gasteiger partial charge on any atom is 0.0539 e. The predicted octanol–water partition coefficient (Wildman–Crippen LogP) is 3.57. The Bertz CT molecular complexity index is 246. The van der Waals surface area contributed by atoms with E-state index in [2.05, 4.69) is 56.1 Å². The first kappa shape index (κ1) is 11.2. The van der Waals surface area contributed by atoms with Gasteiger partial charge in [-0.3, -0.25) is 0 Å². The van der Waals surface area contributed by atoms with Gasteiger partial charge in [0.2, 0.25) is 0 Å². The molecule has 0 aliphatic heterocycles. The van der Waals surface area contributed by atoms with Crippen molar-refractivity contribution in [3.05, 3.63) is 34.3 Å². The van der Waals surface area contributed by atoms with E-state index in [0.29, 0.717) is 5.92 Å². The van der Waals surface area contributed by atoms with Crippen molar-refractivity contribution >= 4 is 31.9 Å². The van der Waals surface area contributed by atoms with Crippen LogP contribution in [0.15, 0.2) is 28.7 Å². The molecule has 1 aromatic rings. The summed E-state index contributed by atoms with van der Waals surface area (Å²) in [5.74, 6) is 0.443. The topological polar surface area (TPSA) is 9.23 Å². The van der Waals surface area contributed by atoms with E-state index in [-0.39, 0.29) is 0 Å².